The Morgan fingerprint density at radius 2 is 1.58 bits per heavy atom. The first-order valence-electron chi connectivity index (χ1n) is 4.57. The number of rotatable bonds is 0. The molecule has 0 aromatic carbocycles. The number of carbonyl (C=O) groups excluding carboxylic acids is 1. The van der Waals surface area contributed by atoms with Crippen LogP contribution in [0.1, 0.15) is 12.8 Å². The van der Waals surface area contributed by atoms with Crippen LogP contribution in [0.25, 0.3) is 0 Å². The molecule has 2 aliphatic rings. The van der Waals surface area contributed by atoms with Crippen molar-refractivity contribution in [3.05, 3.63) is 12.2 Å². The van der Waals surface area contributed by atoms with Crippen LogP contribution in [0.2, 0.25) is 0 Å². The highest BCUT2D eigenvalue weighted by molar-refractivity contribution is 5.75. The summed E-state index contributed by atoms with van der Waals surface area (Å²) in [6.07, 6.45) is 6.45. The van der Waals surface area contributed by atoms with Crippen molar-refractivity contribution in [1.82, 2.24) is 9.80 Å². The van der Waals surface area contributed by atoms with E-state index in [4.69, 9.17) is 0 Å². The average Bonchev–Trinajstić information content (AvgIpc) is 2.77. The molecule has 2 heterocycles. The van der Waals surface area contributed by atoms with Crippen LogP contribution in [-0.2, 0) is 0 Å². The minimum atomic E-state index is 0.220. The summed E-state index contributed by atoms with van der Waals surface area (Å²) in [5.41, 5.74) is 0. The standard InChI is InChI=1S/C9H14N2O/c12-9(10-5-1-2-6-10)11-7-3-4-8-11/h1-2H,3-8H2. The Bertz CT molecular complexity index is 195. The highest BCUT2D eigenvalue weighted by atomic mass is 16.2. The van der Waals surface area contributed by atoms with Crippen LogP contribution in [0, 0.1) is 0 Å². The summed E-state index contributed by atoms with van der Waals surface area (Å²) in [5.74, 6) is 0. The molecule has 3 nitrogen and oxygen atoms in total. The van der Waals surface area contributed by atoms with Crippen molar-refractivity contribution in [2.75, 3.05) is 26.2 Å². The highest BCUT2D eigenvalue weighted by Crippen LogP contribution is 2.12. The molecule has 0 radical (unpaired) electrons. The molecule has 1 fully saturated rings. The Hall–Kier alpha value is -0.990. The van der Waals surface area contributed by atoms with E-state index in [9.17, 15) is 4.79 Å². The molecule has 0 aromatic rings. The van der Waals surface area contributed by atoms with Crippen LogP contribution in [0.15, 0.2) is 12.2 Å². The molecule has 3 heteroatoms. The van der Waals surface area contributed by atoms with Gasteiger partial charge in [0.2, 0.25) is 0 Å². The molecule has 0 aliphatic carbocycles. The minimum Gasteiger partial charge on any atom is -0.325 e. The van der Waals surface area contributed by atoms with Crippen LogP contribution < -0.4 is 0 Å². The fraction of sp³-hybridized carbons (Fsp3) is 0.667. The van der Waals surface area contributed by atoms with Gasteiger partial charge in [-0.15, -0.1) is 0 Å². The summed E-state index contributed by atoms with van der Waals surface area (Å²) >= 11 is 0. The Balaban J connectivity index is 1.90. The first-order valence-corrected chi connectivity index (χ1v) is 4.57. The maximum atomic E-state index is 11.7. The Kier molecular flexibility index (Phi) is 2.02. The normalized spacial score (nSPS) is 22.3. The van der Waals surface area contributed by atoms with Crippen molar-refractivity contribution >= 4 is 6.03 Å². The van der Waals surface area contributed by atoms with Crippen LogP contribution in [-0.4, -0.2) is 42.0 Å². The molecule has 0 saturated carbocycles. The molecule has 2 rings (SSSR count). The van der Waals surface area contributed by atoms with E-state index in [1.54, 1.807) is 0 Å². The van der Waals surface area contributed by atoms with Gasteiger partial charge in [-0.1, -0.05) is 12.2 Å². The van der Waals surface area contributed by atoms with Crippen molar-refractivity contribution in [3.63, 3.8) is 0 Å². The molecule has 0 spiro atoms. The van der Waals surface area contributed by atoms with Gasteiger partial charge in [-0.2, -0.15) is 0 Å². The number of nitrogens with zero attached hydrogens (tertiary/aromatic N) is 2. The van der Waals surface area contributed by atoms with Gasteiger partial charge < -0.3 is 9.80 Å². The highest BCUT2D eigenvalue weighted by Gasteiger charge is 2.23. The van der Waals surface area contributed by atoms with E-state index in [1.165, 1.54) is 12.8 Å². The summed E-state index contributed by atoms with van der Waals surface area (Å²) in [7, 11) is 0. The second-order valence-electron chi connectivity index (χ2n) is 3.35. The fourth-order valence-electron chi connectivity index (χ4n) is 1.74. The van der Waals surface area contributed by atoms with E-state index < -0.39 is 0 Å². The van der Waals surface area contributed by atoms with E-state index in [0.29, 0.717) is 0 Å². The molecule has 0 bridgehead atoms. The van der Waals surface area contributed by atoms with Crippen LogP contribution >= 0.6 is 0 Å². The van der Waals surface area contributed by atoms with Crippen LogP contribution in [0.4, 0.5) is 4.79 Å². The molecule has 2 aliphatic heterocycles. The fourth-order valence-corrected chi connectivity index (χ4v) is 1.74. The molecule has 1 saturated heterocycles. The molecule has 12 heavy (non-hydrogen) atoms. The lowest BCUT2D eigenvalue weighted by Gasteiger charge is -2.23. The lowest BCUT2D eigenvalue weighted by molar-refractivity contribution is 0.175. The number of amides is 2. The first-order chi connectivity index (χ1) is 5.88. The quantitative estimate of drug-likeness (QED) is 0.494. The molecule has 66 valence electrons. The first kappa shape index (κ1) is 7.65. The van der Waals surface area contributed by atoms with E-state index in [1.807, 2.05) is 22.0 Å². The third-order valence-electron chi connectivity index (χ3n) is 2.47. The molecular weight excluding hydrogens is 152 g/mol. The molecule has 0 atom stereocenters. The van der Waals surface area contributed by atoms with Gasteiger partial charge in [0, 0.05) is 26.2 Å². The summed E-state index contributed by atoms with van der Waals surface area (Å²) in [4.78, 5) is 15.5. The topological polar surface area (TPSA) is 23.6 Å². The number of likely N-dealkylation sites (tertiary alicyclic amines) is 1. The SMILES string of the molecule is O=C(N1CC=CC1)N1CCCC1. The summed E-state index contributed by atoms with van der Waals surface area (Å²) < 4.78 is 0. The molecule has 0 unspecified atom stereocenters. The average molecular weight is 166 g/mol. The van der Waals surface area contributed by atoms with Gasteiger partial charge in [-0.05, 0) is 12.8 Å². The second kappa shape index (κ2) is 3.17. The minimum absolute atomic E-state index is 0.220. The van der Waals surface area contributed by atoms with Crippen molar-refractivity contribution in [1.29, 1.82) is 0 Å². The monoisotopic (exact) mass is 166 g/mol. The zero-order valence-electron chi connectivity index (χ0n) is 7.20. The summed E-state index contributed by atoms with van der Waals surface area (Å²) in [6, 6.07) is 0.220. The maximum absolute atomic E-state index is 11.7. The third kappa shape index (κ3) is 1.31. The van der Waals surface area contributed by atoms with E-state index in [-0.39, 0.29) is 6.03 Å². The number of hydrogen-bond acceptors (Lipinski definition) is 1. The van der Waals surface area contributed by atoms with Gasteiger partial charge in [0.15, 0.2) is 0 Å². The van der Waals surface area contributed by atoms with Crippen molar-refractivity contribution < 1.29 is 4.79 Å². The van der Waals surface area contributed by atoms with E-state index >= 15 is 0 Å². The molecule has 0 N–H and O–H groups in total. The summed E-state index contributed by atoms with van der Waals surface area (Å²) in [6.45, 7) is 3.51. The number of hydrogen-bond donors (Lipinski definition) is 0. The van der Waals surface area contributed by atoms with Gasteiger partial charge in [0.25, 0.3) is 0 Å². The van der Waals surface area contributed by atoms with Gasteiger partial charge >= 0.3 is 6.03 Å². The summed E-state index contributed by atoms with van der Waals surface area (Å²) in [5, 5.41) is 0. The maximum Gasteiger partial charge on any atom is 0.320 e. The van der Waals surface area contributed by atoms with Crippen molar-refractivity contribution in [2.24, 2.45) is 0 Å². The van der Waals surface area contributed by atoms with Gasteiger partial charge in [0.1, 0.15) is 0 Å². The van der Waals surface area contributed by atoms with E-state index in [2.05, 4.69) is 0 Å². The molecular formula is C9H14N2O. The van der Waals surface area contributed by atoms with E-state index in [0.717, 1.165) is 26.2 Å². The zero-order valence-corrected chi connectivity index (χ0v) is 7.20. The number of carbonyl (C=O) groups is 1. The Morgan fingerprint density at radius 3 is 2.17 bits per heavy atom. The predicted octanol–water partition coefficient (Wildman–Crippen LogP) is 1.07. The lowest BCUT2D eigenvalue weighted by Crippen LogP contribution is -2.40. The van der Waals surface area contributed by atoms with Crippen LogP contribution in [0.5, 0.6) is 0 Å². The third-order valence-corrected chi connectivity index (χ3v) is 2.47. The second-order valence-corrected chi connectivity index (χ2v) is 3.35. The van der Waals surface area contributed by atoms with Gasteiger partial charge in [-0.3, -0.25) is 0 Å². The Labute approximate surface area is 72.6 Å². The molecule has 2 amide bonds. The zero-order chi connectivity index (χ0) is 8.39. The van der Waals surface area contributed by atoms with Gasteiger partial charge in [-0.25, -0.2) is 4.79 Å². The Morgan fingerprint density at radius 1 is 1.00 bits per heavy atom. The van der Waals surface area contributed by atoms with Gasteiger partial charge in [0.05, 0.1) is 0 Å². The lowest BCUT2D eigenvalue weighted by atomic mass is 10.4. The van der Waals surface area contributed by atoms with Crippen molar-refractivity contribution in [2.45, 2.75) is 12.8 Å². The smallest absolute Gasteiger partial charge is 0.320 e. The largest absolute Gasteiger partial charge is 0.325 e. The molecule has 0 aromatic heterocycles. The van der Waals surface area contributed by atoms with Crippen molar-refractivity contribution in [3.8, 4) is 0 Å². The predicted molar refractivity (Wildman–Crippen MR) is 46.9 cm³/mol. The van der Waals surface area contributed by atoms with Crippen LogP contribution in [0.3, 0.4) is 0 Å². The number of urea groups is 1.